The Balaban J connectivity index is 1.56. The molecule has 0 saturated carbocycles. The Kier molecular flexibility index (Phi) is 6.33. The minimum Gasteiger partial charge on any atom is -0.489 e. The van der Waals surface area contributed by atoms with E-state index in [1.165, 1.54) is 0 Å². The van der Waals surface area contributed by atoms with E-state index in [1.54, 1.807) is 11.1 Å². The highest BCUT2D eigenvalue weighted by molar-refractivity contribution is 6.34. The summed E-state index contributed by atoms with van der Waals surface area (Å²) >= 11 is 6.34. The largest absolute Gasteiger partial charge is 0.489 e. The number of nitrogens with two attached hydrogens (primary N) is 1. The van der Waals surface area contributed by atoms with Crippen LogP contribution in [0.3, 0.4) is 0 Å². The Morgan fingerprint density at radius 2 is 2.15 bits per heavy atom. The van der Waals surface area contributed by atoms with Gasteiger partial charge < -0.3 is 24.7 Å². The summed E-state index contributed by atoms with van der Waals surface area (Å²) in [5.41, 5.74) is 6.85. The van der Waals surface area contributed by atoms with E-state index >= 15 is 0 Å². The standard InChI is InChI=1S/C21H28ClN7O4/c1-5-29-16-13(9-24-17(22)14(16)25-19(29)15-18(23)27-33-26-15)31-11-12-7-6-8-28(10-12)20(30)32-21(2,3)4/h9,12H,5-8,10-11H2,1-4H3,(H2,23,27)/t12-/m1/s1. The van der Waals surface area contributed by atoms with Gasteiger partial charge in [0.05, 0.1) is 12.8 Å². The van der Waals surface area contributed by atoms with E-state index in [4.69, 9.17) is 31.4 Å². The van der Waals surface area contributed by atoms with Crippen molar-refractivity contribution in [3.8, 4) is 17.3 Å². The van der Waals surface area contributed by atoms with Crippen LogP contribution in [-0.2, 0) is 11.3 Å². The van der Waals surface area contributed by atoms with Crippen LogP contribution in [0.15, 0.2) is 10.8 Å². The minimum atomic E-state index is -0.528. The molecule has 1 amide bonds. The number of carbonyl (C=O) groups is 1. The molecule has 1 aliphatic heterocycles. The highest BCUT2D eigenvalue weighted by Crippen LogP contribution is 2.35. The van der Waals surface area contributed by atoms with Crippen molar-refractivity contribution in [2.75, 3.05) is 25.4 Å². The van der Waals surface area contributed by atoms with Crippen molar-refractivity contribution >= 4 is 34.5 Å². The number of fused-ring (bicyclic) bond motifs is 1. The number of rotatable bonds is 5. The Labute approximate surface area is 196 Å². The molecule has 0 aliphatic carbocycles. The zero-order valence-electron chi connectivity index (χ0n) is 19.2. The predicted octanol–water partition coefficient (Wildman–Crippen LogP) is 3.76. The van der Waals surface area contributed by atoms with Crippen molar-refractivity contribution in [2.24, 2.45) is 5.92 Å². The van der Waals surface area contributed by atoms with Crippen molar-refractivity contribution in [1.29, 1.82) is 0 Å². The number of pyridine rings is 1. The topological polar surface area (TPSA) is 134 Å². The first kappa shape index (κ1) is 23.1. The third kappa shape index (κ3) is 4.82. The highest BCUT2D eigenvalue weighted by atomic mass is 35.5. The lowest BCUT2D eigenvalue weighted by molar-refractivity contribution is 0.0139. The van der Waals surface area contributed by atoms with E-state index in [9.17, 15) is 4.79 Å². The SMILES string of the molecule is CCn1c(-c2nonc2N)nc2c(Cl)ncc(OC[C@@H]3CCCN(C(=O)OC(C)(C)C)C3)c21. The molecule has 178 valence electrons. The number of hydrogen-bond donors (Lipinski definition) is 1. The van der Waals surface area contributed by atoms with E-state index in [0.717, 1.165) is 12.8 Å². The van der Waals surface area contributed by atoms with Gasteiger partial charge in [-0.25, -0.2) is 19.4 Å². The molecule has 0 radical (unpaired) electrons. The van der Waals surface area contributed by atoms with Crippen LogP contribution in [0.4, 0.5) is 10.6 Å². The normalized spacial score (nSPS) is 16.9. The lowest BCUT2D eigenvalue weighted by Gasteiger charge is -2.34. The van der Waals surface area contributed by atoms with Crippen LogP contribution < -0.4 is 10.5 Å². The molecule has 0 unspecified atom stereocenters. The van der Waals surface area contributed by atoms with Crippen LogP contribution >= 0.6 is 11.6 Å². The van der Waals surface area contributed by atoms with Gasteiger partial charge in [0, 0.05) is 25.6 Å². The van der Waals surface area contributed by atoms with Gasteiger partial charge in [-0.1, -0.05) is 11.6 Å². The number of aryl methyl sites for hydroxylation is 1. The number of likely N-dealkylation sites (tertiary alicyclic amines) is 1. The first-order valence-electron chi connectivity index (χ1n) is 10.9. The number of imidazole rings is 1. The average molecular weight is 478 g/mol. The fraction of sp³-hybridized carbons (Fsp3) is 0.571. The third-order valence-corrected chi connectivity index (χ3v) is 5.66. The summed E-state index contributed by atoms with van der Waals surface area (Å²) in [6.07, 6.45) is 3.12. The molecule has 3 aromatic heterocycles. The third-order valence-electron chi connectivity index (χ3n) is 5.38. The molecular formula is C21H28ClN7O4. The van der Waals surface area contributed by atoms with Crippen LogP contribution in [0.2, 0.25) is 5.15 Å². The van der Waals surface area contributed by atoms with Crippen molar-refractivity contribution in [3.05, 3.63) is 11.3 Å². The molecule has 33 heavy (non-hydrogen) atoms. The summed E-state index contributed by atoms with van der Waals surface area (Å²) in [5.74, 6) is 1.31. The number of anilines is 1. The summed E-state index contributed by atoms with van der Waals surface area (Å²) in [6.45, 7) is 9.77. The minimum absolute atomic E-state index is 0.135. The van der Waals surface area contributed by atoms with Gasteiger partial charge in [0.1, 0.15) is 16.6 Å². The van der Waals surface area contributed by atoms with Gasteiger partial charge in [0.2, 0.25) is 0 Å². The lowest BCUT2D eigenvalue weighted by Crippen LogP contribution is -2.44. The first-order valence-corrected chi connectivity index (χ1v) is 11.3. The first-order chi connectivity index (χ1) is 15.7. The van der Waals surface area contributed by atoms with Gasteiger partial charge >= 0.3 is 6.09 Å². The molecule has 12 heteroatoms. The number of nitrogen functional groups attached to an aromatic ring is 1. The second-order valence-corrected chi connectivity index (χ2v) is 9.39. The molecule has 1 saturated heterocycles. The molecule has 4 heterocycles. The Morgan fingerprint density at radius 1 is 1.36 bits per heavy atom. The molecular weight excluding hydrogens is 450 g/mol. The quantitative estimate of drug-likeness (QED) is 0.544. The summed E-state index contributed by atoms with van der Waals surface area (Å²) in [5, 5.41) is 7.76. The molecule has 1 atom stereocenters. The summed E-state index contributed by atoms with van der Waals surface area (Å²) < 4.78 is 18.3. The maximum Gasteiger partial charge on any atom is 0.410 e. The van der Waals surface area contributed by atoms with Crippen molar-refractivity contribution in [1.82, 2.24) is 29.7 Å². The molecule has 4 rings (SSSR count). The van der Waals surface area contributed by atoms with Crippen LogP contribution in [0.25, 0.3) is 22.6 Å². The molecule has 0 bridgehead atoms. The van der Waals surface area contributed by atoms with E-state index in [1.807, 2.05) is 32.3 Å². The van der Waals surface area contributed by atoms with Gasteiger partial charge in [-0.3, -0.25) is 0 Å². The maximum atomic E-state index is 12.5. The van der Waals surface area contributed by atoms with E-state index < -0.39 is 5.60 Å². The summed E-state index contributed by atoms with van der Waals surface area (Å²) in [6, 6.07) is 0. The van der Waals surface area contributed by atoms with Crippen molar-refractivity contribution in [2.45, 2.75) is 52.7 Å². The fourth-order valence-electron chi connectivity index (χ4n) is 3.93. The maximum absolute atomic E-state index is 12.5. The number of hydrogen-bond acceptors (Lipinski definition) is 9. The van der Waals surface area contributed by atoms with Gasteiger partial charge in [-0.2, -0.15) is 0 Å². The van der Waals surface area contributed by atoms with Gasteiger partial charge in [-0.05, 0) is 50.8 Å². The molecule has 0 aromatic carbocycles. The number of piperidine rings is 1. The van der Waals surface area contributed by atoms with Crippen LogP contribution in [0.1, 0.15) is 40.5 Å². The van der Waals surface area contributed by atoms with Gasteiger partial charge in [0.25, 0.3) is 0 Å². The number of nitrogens with zero attached hydrogens (tertiary/aromatic N) is 6. The fourth-order valence-corrected chi connectivity index (χ4v) is 4.11. The molecule has 1 aliphatic rings. The molecule has 3 aromatic rings. The highest BCUT2D eigenvalue weighted by Gasteiger charge is 2.29. The van der Waals surface area contributed by atoms with Crippen molar-refractivity contribution in [3.63, 3.8) is 0 Å². The Bertz CT molecular complexity index is 1150. The van der Waals surface area contributed by atoms with Crippen LogP contribution in [0, 0.1) is 5.92 Å². The number of halogens is 1. The molecule has 2 N–H and O–H groups in total. The van der Waals surface area contributed by atoms with Crippen molar-refractivity contribution < 1.29 is 18.9 Å². The smallest absolute Gasteiger partial charge is 0.410 e. The van der Waals surface area contributed by atoms with E-state index in [2.05, 4.69) is 20.3 Å². The van der Waals surface area contributed by atoms with Gasteiger partial charge in [0.15, 0.2) is 28.2 Å². The number of amides is 1. The average Bonchev–Trinajstić information content (AvgIpc) is 3.36. The Hall–Kier alpha value is -3.08. The second-order valence-electron chi connectivity index (χ2n) is 9.03. The van der Waals surface area contributed by atoms with Crippen LogP contribution in [0.5, 0.6) is 5.75 Å². The monoisotopic (exact) mass is 477 g/mol. The number of aromatic nitrogens is 5. The van der Waals surface area contributed by atoms with E-state index in [-0.39, 0.29) is 23.0 Å². The predicted molar refractivity (Wildman–Crippen MR) is 122 cm³/mol. The number of carbonyl (C=O) groups excluding carboxylic acids is 1. The second kappa shape index (κ2) is 9.05. The molecule has 1 fully saturated rings. The zero-order valence-corrected chi connectivity index (χ0v) is 19.9. The summed E-state index contributed by atoms with van der Waals surface area (Å²) in [4.78, 5) is 23.0. The van der Waals surface area contributed by atoms with Crippen LogP contribution in [-0.4, -0.2) is 61.1 Å². The lowest BCUT2D eigenvalue weighted by atomic mass is 9.99. The van der Waals surface area contributed by atoms with Gasteiger partial charge in [-0.15, -0.1) is 0 Å². The Morgan fingerprint density at radius 3 is 2.82 bits per heavy atom. The summed E-state index contributed by atoms with van der Waals surface area (Å²) in [7, 11) is 0. The molecule has 11 nitrogen and oxygen atoms in total. The molecule has 0 spiro atoms. The van der Waals surface area contributed by atoms with E-state index in [0.29, 0.717) is 54.5 Å². The number of ether oxygens (including phenoxy) is 2. The zero-order chi connectivity index (χ0) is 23.8.